The first kappa shape index (κ1) is 15.6. The summed E-state index contributed by atoms with van der Waals surface area (Å²) in [5.74, 6) is -0.773. The van der Waals surface area contributed by atoms with Crippen molar-refractivity contribution in [2.75, 3.05) is 11.9 Å². The predicted octanol–water partition coefficient (Wildman–Crippen LogP) is 5.10. The average Bonchev–Trinajstić information content (AvgIpc) is 3.16. The quantitative estimate of drug-likeness (QED) is 0.515. The van der Waals surface area contributed by atoms with Gasteiger partial charge in [-0.3, -0.25) is 0 Å². The zero-order valence-corrected chi connectivity index (χ0v) is 14.0. The summed E-state index contributed by atoms with van der Waals surface area (Å²) in [5, 5.41) is 4.42. The summed E-state index contributed by atoms with van der Waals surface area (Å²) in [4.78, 5) is 16.6. The largest absolute Gasteiger partial charge is 0.460 e. The first-order chi connectivity index (χ1) is 12.2. The maximum atomic E-state index is 13.4. The Kier molecular flexibility index (Phi) is 3.85. The van der Waals surface area contributed by atoms with Crippen LogP contribution < -0.4 is 5.32 Å². The normalized spacial score (nSPS) is 11.1. The summed E-state index contributed by atoms with van der Waals surface area (Å²) in [6.07, 6.45) is 0. The van der Waals surface area contributed by atoms with Crippen LogP contribution in [0.3, 0.4) is 0 Å². The van der Waals surface area contributed by atoms with E-state index in [1.54, 1.807) is 19.1 Å². The molecule has 4 rings (SSSR count). The molecule has 0 bridgehead atoms. The zero-order chi connectivity index (χ0) is 17.4. The Balaban J connectivity index is 1.81. The second-order valence-corrected chi connectivity index (χ2v) is 6.31. The molecule has 0 atom stereocenters. The topological polar surface area (TPSA) is 64.4 Å². The van der Waals surface area contributed by atoms with Crippen LogP contribution in [0.4, 0.5) is 15.2 Å². The smallest absolute Gasteiger partial charge is 0.376 e. The lowest BCUT2D eigenvalue weighted by molar-refractivity contribution is 0.0494. The molecule has 25 heavy (non-hydrogen) atoms. The third kappa shape index (κ3) is 2.83. The second-order valence-electron chi connectivity index (χ2n) is 5.28. The molecule has 7 heteroatoms. The Morgan fingerprint density at radius 1 is 1.32 bits per heavy atom. The molecule has 2 aromatic carbocycles. The molecular weight excluding hydrogens is 343 g/mol. The minimum atomic E-state index is -0.548. The second kappa shape index (κ2) is 6.18. The van der Waals surface area contributed by atoms with Crippen molar-refractivity contribution in [3.8, 4) is 0 Å². The Hall–Kier alpha value is -2.93. The minimum Gasteiger partial charge on any atom is -0.460 e. The van der Waals surface area contributed by atoms with Crippen LogP contribution in [0.5, 0.6) is 0 Å². The number of hydrogen-bond acceptors (Lipinski definition) is 6. The van der Waals surface area contributed by atoms with E-state index in [1.165, 1.54) is 23.5 Å². The van der Waals surface area contributed by atoms with E-state index < -0.39 is 5.97 Å². The van der Waals surface area contributed by atoms with E-state index in [1.807, 2.05) is 18.2 Å². The zero-order valence-electron chi connectivity index (χ0n) is 13.2. The molecule has 0 saturated heterocycles. The average molecular weight is 356 g/mol. The van der Waals surface area contributed by atoms with Crippen molar-refractivity contribution >= 4 is 49.3 Å². The van der Waals surface area contributed by atoms with Crippen LogP contribution in [0.15, 0.2) is 46.9 Å². The summed E-state index contributed by atoms with van der Waals surface area (Å²) >= 11 is 1.30. The van der Waals surface area contributed by atoms with Gasteiger partial charge < -0.3 is 14.5 Å². The molecule has 2 aromatic heterocycles. The Morgan fingerprint density at radius 3 is 3.00 bits per heavy atom. The van der Waals surface area contributed by atoms with Gasteiger partial charge in [0, 0.05) is 5.39 Å². The maximum Gasteiger partial charge on any atom is 0.376 e. The van der Waals surface area contributed by atoms with E-state index in [-0.39, 0.29) is 18.2 Å². The number of nitrogens with zero attached hydrogens (tertiary/aromatic N) is 1. The van der Waals surface area contributed by atoms with Gasteiger partial charge in [-0.15, -0.1) is 0 Å². The van der Waals surface area contributed by atoms with E-state index in [2.05, 4.69) is 10.3 Å². The van der Waals surface area contributed by atoms with Crippen molar-refractivity contribution in [1.29, 1.82) is 0 Å². The van der Waals surface area contributed by atoms with Gasteiger partial charge in [0.05, 0.1) is 16.8 Å². The number of esters is 1. The molecular formula is C18H13FN2O3S. The third-order valence-electron chi connectivity index (χ3n) is 3.64. The molecule has 0 unspecified atom stereocenters. The first-order valence-electron chi connectivity index (χ1n) is 7.67. The van der Waals surface area contributed by atoms with Crippen molar-refractivity contribution in [1.82, 2.24) is 4.98 Å². The molecule has 0 spiro atoms. The standard InChI is InChI=1S/C18H13FN2O3S/c1-2-23-17(22)16-15(11-5-3-4-6-13(11)24-16)21-18-20-12-8-7-10(19)9-14(12)25-18/h3-9H,2H2,1H3,(H,20,21). The number of benzene rings is 2. The minimum absolute atomic E-state index is 0.0912. The number of furan rings is 1. The monoisotopic (exact) mass is 356 g/mol. The summed E-state index contributed by atoms with van der Waals surface area (Å²) < 4.78 is 24.8. The molecule has 0 amide bonds. The van der Waals surface area contributed by atoms with Crippen molar-refractivity contribution in [3.63, 3.8) is 0 Å². The van der Waals surface area contributed by atoms with Crippen molar-refractivity contribution in [3.05, 3.63) is 54.0 Å². The van der Waals surface area contributed by atoms with E-state index >= 15 is 0 Å². The number of aromatic nitrogens is 1. The number of anilines is 2. The van der Waals surface area contributed by atoms with Crippen LogP contribution in [0.2, 0.25) is 0 Å². The Morgan fingerprint density at radius 2 is 2.16 bits per heavy atom. The van der Waals surface area contributed by atoms with Gasteiger partial charge >= 0.3 is 5.97 Å². The molecule has 0 aliphatic carbocycles. The number of thiazole rings is 1. The predicted molar refractivity (Wildman–Crippen MR) is 95.0 cm³/mol. The van der Waals surface area contributed by atoms with Gasteiger partial charge in [0.15, 0.2) is 5.13 Å². The van der Waals surface area contributed by atoms with E-state index in [4.69, 9.17) is 9.15 Å². The van der Waals surface area contributed by atoms with Gasteiger partial charge in [0.2, 0.25) is 5.76 Å². The molecule has 2 heterocycles. The Bertz CT molecular complexity index is 1090. The van der Waals surface area contributed by atoms with Gasteiger partial charge in [0.25, 0.3) is 0 Å². The highest BCUT2D eigenvalue weighted by atomic mass is 32.1. The van der Waals surface area contributed by atoms with Crippen LogP contribution in [-0.4, -0.2) is 17.6 Å². The lowest BCUT2D eigenvalue weighted by Gasteiger charge is -2.03. The molecule has 4 aromatic rings. The van der Waals surface area contributed by atoms with Crippen LogP contribution in [0.25, 0.3) is 21.2 Å². The molecule has 0 aliphatic heterocycles. The van der Waals surface area contributed by atoms with Crippen molar-refractivity contribution in [2.24, 2.45) is 0 Å². The van der Waals surface area contributed by atoms with Crippen LogP contribution >= 0.6 is 11.3 Å². The molecule has 0 fully saturated rings. The summed E-state index contributed by atoms with van der Waals surface area (Å²) in [5.41, 5.74) is 1.74. The van der Waals surface area contributed by atoms with Gasteiger partial charge in [-0.05, 0) is 37.3 Å². The van der Waals surface area contributed by atoms with Crippen molar-refractivity contribution < 1.29 is 18.3 Å². The van der Waals surface area contributed by atoms with Crippen molar-refractivity contribution in [2.45, 2.75) is 6.92 Å². The number of hydrogen-bond donors (Lipinski definition) is 1. The van der Waals surface area contributed by atoms with Gasteiger partial charge in [0.1, 0.15) is 17.1 Å². The van der Waals surface area contributed by atoms with Gasteiger partial charge in [-0.25, -0.2) is 14.2 Å². The number of ether oxygens (including phenoxy) is 1. The fourth-order valence-electron chi connectivity index (χ4n) is 2.57. The Labute approximate surface area is 146 Å². The number of fused-ring (bicyclic) bond motifs is 2. The van der Waals surface area contributed by atoms with Gasteiger partial charge in [-0.1, -0.05) is 23.5 Å². The summed E-state index contributed by atoms with van der Waals surface area (Å²) in [7, 11) is 0. The highest BCUT2D eigenvalue weighted by Crippen LogP contribution is 2.36. The number of para-hydroxylation sites is 1. The summed E-state index contributed by atoms with van der Waals surface area (Å²) in [6, 6.07) is 11.7. The van der Waals surface area contributed by atoms with Crippen LogP contribution in [-0.2, 0) is 4.74 Å². The van der Waals surface area contributed by atoms with Crippen LogP contribution in [0.1, 0.15) is 17.5 Å². The SMILES string of the molecule is CCOC(=O)c1oc2ccccc2c1Nc1nc2ccc(F)cc2s1. The molecule has 126 valence electrons. The first-order valence-corrected chi connectivity index (χ1v) is 8.49. The molecule has 5 nitrogen and oxygen atoms in total. The molecule has 0 aliphatic rings. The van der Waals surface area contributed by atoms with E-state index in [9.17, 15) is 9.18 Å². The number of nitrogens with one attached hydrogen (secondary N) is 1. The van der Waals surface area contributed by atoms with Crippen LogP contribution in [0, 0.1) is 5.82 Å². The molecule has 0 saturated carbocycles. The third-order valence-corrected chi connectivity index (χ3v) is 4.57. The number of rotatable bonds is 4. The fraction of sp³-hybridized carbons (Fsp3) is 0.111. The number of carbonyl (C=O) groups excluding carboxylic acids is 1. The maximum absolute atomic E-state index is 13.4. The van der Waals surface area contributed by atoms with E-state index in [0.29, 0.717) is 26.6 Å². The fourth-order valence-corrected chi connectivity index (χ4v) is 3.46. The number of carbonyl (C=O) groups is 1. The lowest BCUT2D eigenvalue weighted by atomic mass is 10.2. The highest BCUT2D eigenvalue weighted by molar-refractivity contribution is 7.22. The lowest BCUT2D eigenvalue weighted by Crippen LogP contribution is -2.05. The van der Waals surface area contributed by atoms with E-state index in [0.717, 1.165) is 5.39 Å². The number of halogens is 1. The highest BCUT2D eigenvalue weighted by Gasteiger charge is 2.22. The van der Waals surface area contributed by atoms with Gasteiger partial charge in [-0.2, -0.15) is 0 Å². The molecule has 1 N–H and O–H groups in total. The summed E-state index contributed by atoms with van der Waals surface area (Å²) in [6.45, 7) is 1.98. The molecule has 0 radical (unpaired) electrons.